The number of hydrogen-bond donors (Lipinski definition) is 3. The van der Waals surface area contributed by atoms with Gasteiger partial charge in [0, 0.05) is 17.6 Å². The summed E-state index contributed by atoms with van der Waals surface area (Å²) < 4.78 is 26.9. The van der Waals surface area contributed by atoms with E-state index in [4.69, 9.17) is 0 Å². The average molecular weight is 364 g/mol. The van der Waals surface area contributed by atoms with Crippen LogP contribution in [0.5, 0.6) is 0 Å². The molecule has 0 bridgehead atoms. The highest BCUT2D eigenvalue weighted by atomic mass is 35.5. The van der Waals surface area contributed by atoms with Crippen molar-refractivity contribution in [1.82, 2.24) is 15.4 Å². The standard InChI is InChI=1S/C15H25N3O3S.ClH/c1-15(2,3)18-22(20,21)13-8-6-12(7-9-13)14(19)17-11-5-10-16-4;/h6-9,16,18H,5,10-11H2,1-4H3,(H,17,19);1H. The van der Waals surface area contributed by atoms with Crippen molar-refractivity contribution in [1.29, 1.82) is 0 Å². The summed E-state index contributed by atoms with van der Waals surface area (Å²) in [7, 11) is -1.72. The number of carbonyl (C=O) groups excluding carboxylic acids is 1. The summed E-state index contributed by atoms with van der Waals surface area (Å²) in [6.45, 7) is 6.73. The smallest absolute Gasteiger partial charge is 0.251 e. The fourth-order valence-corrected chi connectivity index (χ4v) is 3.24. The molecule has 1 rings (SSSR count). The third kappa shape index (κ3) is 7.78. The lowest BCUT2D eigenvalue weighted by Crippen LogP contribution is -2.40. The summed E-state index contributed by atoms with van der Waals surface area (Å²) in [6, 6.07) is 5.92. The van der Waals surface area contributed by atoms with Crippen LogP contribution in [-0.2, 0) is 10.0 Å². The van der Waals surface area contributed by atoms with Crippen molar-refractivity contribution in [2.45, 2.75) is 37.6 Å². The highest BCUT2D eigenvalue weighted by Gasteiger charge is 2.22. The molecule has 6 nitrogen and oxygen atoms in total. The first-order valence-corrected chi connectivity index (χ1v) is 8.71. The van der Waals surface area contributed by atoms with Gasteiger partial charge in [-0.2, -0.15) is 0 Å². The maximum Gasteiger partial charge on any atom is 0.251 e. The van der Waals surface area contributed by atoms with E-state index in [9.17, 15) is 13.2 Å². The Morgan fingerprint density at radius 3 is 2.13 bits per heavy atom. The van der Waals surface area contributed by atoms with E-state index in [-0.39, 0.29) is 23.2 Å². The highest BCUT2D eigenvalue weighted by Crippen LogP contribution is 2.13. The van der Waals surface area contributed by atoms with Crippen LogP contribution >= 0.6 is 12.4 Å². The van der Waals surface area contributed by atoms with Gasteiger partial charge in [-0.1, -0.05) is 0 Å². The molecular formula is C15H26ClN3O3S. The molecule has 0 radical (unpaired) electrons. The average Bonchev–Trinajstić information content (AvgIpc) is 2.41. The number of halogens is 1. The number of sulfonamides is 1. The minimum Gasteiger partial charge on any atom is -0.352 e. The Labute approximate surface area is 144 Å². The summed E-state index contributed by atoms with van der Waals surface area (Å²) in [5.74, 6) is -0.205. The zero-order valence-electron chi connectivity index (χ0n) is 14.0. The second-order valence-electron chi connectivity index (χ2n) is 6.09. The van der Waals surface area contributed by atoms with Gasteiger partial charge >= 0.3 is 0 Å². The van der Waals surface area contributed by atoms with Gasteiger partial charge in [0.05, 0.1) is 4.90 Å². The van der Waals surface area contributed by atoms with Crippen LogP contribution in [0.3, 0.4) is 0 Å². The maximum atomic E-state index is 12.2. The third-order valence-corrected chi connectivity index (χ3v) is 4.53. The van der Waals surface area contributed by atoms with Crippen molar-refractivity contribution in [3.8, 4) is 0 Å². The van der Waals surface area contributed by atoms with E-state index in [2.05, 4.69) is 15.4 Å². The van der Waals surface area contributed by atoms with Crippen LogP contribution in [0.2, 0.25) is 0 Å². The number of nitrogens with one attached hydrogen (secondary N) is 3. The second kappa shape index (κ2) is 9.22. The first kappa shape index (κ1) is 21.9. The monoisotopic (exact) mass is 363 g/mol. The topological polar surface area (TPSA) is 87.3 Å². The van der Waals surface area contributed by atoms with Gasteiger partial charge in [0.2, 0.25) is 10.0 Å². The van der Waals surface area contributed by atoms with E-state index in [0.29, 0.717) is 12.1 Å². The SMILES string of the molecule is CNCCCNC(=O)c1ccc(S(=O)(=O)NC(C)(C)C)cc1.Cl. The molecular weight excluding hydrogens is 338 g/mol. The first-order chi connectivity index (χ1) is 10.2. The Balaban J connectivity index is 0.00000484. The molecule has 0 saturated heterocycles. The van der Waals surface area contributed by atoms with E-state index in [1.807, 2.05) is 7.05 Å². The van der Waals surface area contributed by atoms with Gasteiger partial charge in [-0.15, -0.1) is 12.4 Å². The summed E-state index contributed by atoms with van der Waals surface area (Å²) >= 11 is 0. The summed E-state index contributed by atoms with van der Waals surface area (Å²) in [6.07, 6.45) is 0.838. The van der Waals surface area contributed by atoms with Gasteiger partial charge in [0.1, 0.15) is 0 Å². The quantitative estimate of drug-likeness (QED) is 0.641. The summed E-state index contributed by atoms with van der Waals surface area (Å²) in [5, 5.41) is 5.79. The first-order valence-electron chi connectivity index (χ1n) is 7.22. The van der Waals surface area contributed by atoms with Crippen molar-refractivity contribution >= 4 is 28.3 Å². The normalized spacial score (nSPS) is 11.7. The molecule has 3 N–H and O–H groups in total. The minimum atomic E-state index is -3.57. The minimum absolute atomic E-state index is 0. The molecule has 1 aromatic carbocycles. The molecule has 0 fully saturated rings. The van der Waals surface area contributed by atoms with Crippen LogP contribution in [0.1, 0.15) is 37.6 Å². The molecule has 1 aromatic rings. The van der Waals surface area contributed by atoms with E-state index < -0.39 is 15.6 Å². The predicted octanol–water partition coefficient (Wildman–Crippen LogP) is 1.52. The zero-order valence-corrected chi connectivity index (χ0v) is 15.6. The van der Waals surface area contributed by atoms with Gasteiger partial charge in [-0.25, -0.2) is 13.1 Å². The molecule has 0 aliphatic rings. The van der Waals surface area contributed by atoms with Gasteiger partial charge in [-0.05, 0) is 65.0 Å². The lowest BCUT2D eigenvalue weighted by Gasteiger charge is -2.20. The number of amides is 1. The molecule has 0 heterocycles. The number of hydrogen-bond acceptors (Lipinski definition) is 4. The summed E-state index contributed by atoms with van der Waals surface area (Å²) in [5.41, 5.74) is -0.110. The molecule has 0 aliphatic heterocycles. The highest BCUT2D eigenvalue weighted by molar-refractivity contribution is 7.89. The fraction of sp³-hybridized carbons (Fsp3) is 0.533. The van der Waals surface area contributed by atoms with Crippen LogP contribution in [0.4, 0.5) is 0 Å². The molecule has 0 saturated carbocycles. The molecule has 0 spiro atoms. The van der Waals surface area contributed by atoms with Gasteiger partial charge in [0.25, 0.3) is 5.91 Å². The fourth-order valence-electron chi connectivity index (χ4n) is 1.82. The molecule has 0 aromatic heterocycles. The molecule has 0 atom stereocenters. The molecule has 8 heteroatoms. The number of rotatable bonds is 7. The molecule has 0 aliphatic carbocycles. The van der Waals surface area contributed by atoms with Crippen molar-refractivity contribution in [3.63, 3.8) is 0 Å². The van der Waals surface area contributed by atoms with Crippen LogP contribution in [-0.4, -0.2) is 40.0 Å². The van der Waals surface area contributed by atoms with Gasteiger partial charge < -0.3 is 10.6 Å². The third-order valence-electron chi connectivity index (χ3n) is 2.76. The van der Waals surface area contributed by atoms with Crippen molar-refractivity contribution in [2.24, 2.45) is 0 Å². The molecule has 23 heavy (non-hydrogen) atoms. The van der Waals surface area contributed by atoms with Crippen molar-refractivity contribution < 1.29 is 13.2 Å². The summed E-state index contributed by atoms with van der Waals surface area (Å²) in [4.78, 5) is 12.0. The lowest BCUT2D eigenvalue weighted by molar-refractivity contribution is 0.0953. The second-order valence-corrected chi connectivity index (χ2v) is 7.78. The number of carbonyl (C=O) groups is 1. The van der Waals surface area contributed by atoms with E-state index in [0.717, 1.165) is 13.0 Å². The van der Waals surface area contributed by atoms with Crippen LogP contribution in [0.25, 0.3) is 0 Å². The number of benzene rings is 1. The van der Waals surface area contributed by atoms with E-state index in [1.54, 1.807) is 20.8 Å². The van der Waals surface area contributed by atoms with Crippen molar-refractivity contribution in [2.75, 3.05) is 20.1 Å². The Hall–Kier alpha value is -1.15. The maximum absolute atomic E-state index is 12.2. The van der Waals surface area contributed by atoms with E-state index >= 15 is 0 Å². The molecule has 1 amide bonds. The Morgan fingerprint density at radius 2 is 1.65 bits per heavy atom. The molecule has 132 valence electrons. The van der Waals surface area contributed by atoms with Crippen LogP contribution < -0.4 is 15.4 Å². The van der Waals surface area contributed by atoms with Crippen LogP contribution in [0.15, 0.2) is 29.2 Å². The Morgan fingerprint density at radius 1 is 1.09 bits per heavy atom. The van der Waals surface area contributed by atoms with Gasteiger partial charge in [0.15, 0.2) is 0 Å². The van der Waals surface area contributed by atoms with Crippen molar-refractivity contribution in [3.05, 3.63) is 29.8 Å². The Kier molecular flexibility index (Phi) is 8.76. The Bertz CT molecular complexity index is 595. The molecule has 0 unspecified atom stereocenters. The largest absolute Gasteiger partial charge is 0.352 e. The zero-order chi connectivity index (χ0) is 16.8. The van der Waals surface area contributed by atoms with Crippen LogP contribution in [0, 0.1) is 0 Å². The van der Waals surface area contributed by atoms with Gasteiger partial charge in [-0.3, -0.25) is 4.79 Å². The lowest BCUT2D eigenvalue weighted by atomic mass is 10.1. The predicted molar refractivity (Wildman–Crippen MR) is 94.6 cm³/mol. The van der Waals surface area contributed by atoms with E-state index in [1.165, 1.54) is 24.3 Å².